The number of anilines is 2. The first-order valence-electron chi connectivity index (χ1n) is 14.9. The highest BCUT2D eigenvalue weighted by atomic mass is 16.6. The van der Waals surface area contributed by atoms with Crippen LogP contribution in [0, 0.1) is 11.8 Å². The van der Waals surface area contributed by atoms with E-state index in [0.717, 1.165) is 47.0 Å². The minimum Gasteiger partial charge on any atom is -0.444 e. The minimum absolute atomic E-state index is 0.0695. The molecule has 2 aromatic heterocycles. The van der Waals surface area contributed by atoms with Crippen LogP contribution in [0.5, 0.6) is 0 Å². The van der Waals surface area contributed by atoms with Crippen molar-refractivity contribution in [2.24, 2.45) is 11.8 Å². The minimum atomic E-state index is -0.553. The summed E-state index contributed by atoms with van der Waals surface area (Å²) in [5, 5.41) is 9.06. The SMILES string of the molecule is CC(C)(C)OC(=O)N(Cc1ccc(Nc2ncc3cnn([C@H]4C[C@@H]5CC[C@H]4C5)c3n2)cc1)C1Cc2ccccc2C1. The molecule has 0 aliphatic heterocycles. The second-order valence-electron chi connectivity index (χ2n) is 13.1. The van der Waals surface area contributed by atoms with Crippen LogP contribution in [0.1, 0.15) is 69.2 Å². The molecular weight excluding hydrogens is 512 g/mol. The van der Waals surface area contributed by atoms with E-state index in [9.17, 15) is 4.79 Å². The third-order valence-electron chi connectivity index (χ3n) is 9.01. The van der Waals surface area contributed by atoms with Gasteiger partial charge >= 0.3 is 6.09 Å². The maximum Gasteiger partial charge on any atom is 0.410 e. The summed E-state index contributed by atoms with van der Waals surface area (Å²) in [6, 6.07) is 17.1. The summed E-state index contributed by atoms with van der Waals surface area (Å²) in [7, 11) is 0. The van der Waals surface area contributed by atoms with Crippen molar-refractivity contribution in [2.75, 3.05) is 5.32 Å². The molecule has 3 aliphatic rings. The third kappa shape index (κ3) is 5.27. The smallest absolute Gasteiger partial charge is 0.410 e. The Bertz CT molecular complexity index is 1550. The van der Waals surface area contributed by atoms with Gasteiger partial charge in [-0.2, -0.15) is 10.1 Å². The standard InChI is InChI=1S/C33H38N6O2/c1-33(2,3)41-32(40)38(28-16-23-6-4-5-7-24(23)17-28)20-21-9-12-27(13-10-21)36-31-34-18-26-19-35-39(30(26)37-31)29-15-22-8-11-25(29)14-22/h4-7,9-10,12-13,18-19,22,25,28-29H,8,11,14-17,20H2,1-3H3,(H,34,36,37)/t22-,25+,29+/m1/s1. The number of amides is 1. The molecule has 3 aliphatic carbocycles. The van der Waals surface area contributed by atoms with Crippen LogP contribution in [-0.4, -0.2) is 42.4 Å². The molecule has 0 unspecified atom stereocenters. The van der Waals surface area contributed by atoms with Crippen molar-refractivity contribution in [3.05, 3.63) is 77.6 Å². The van der Waals surface area contributed by atoms with Crippen LogP contribution in [0.25, 0.3) is 11.0 Å². The lowest BCUT2D eigenvalue weighted by molar-refractivity contribution is 0.0148. The Hall–Kier alpha value is -3.94. The van der Waals surface area contributed by atoms with Gasteiger partial charge in [-0.3, -0.25) is 0 Å². The van der Waals surface area contributed by atoms with Crippen LogP contribution in [0.15, 0.2) is 60.9 Å². The van der Waals surface area contributed by atoms with Crippen molar-refractivity contribution in [2.45, 2.75) is 83.5 Å². The molecule has 0 saturated heterocycles. The van der Waals surface area contributed by atoms with E-state index < -0.39 is 5.60 Å². The van der Waals surface area contributed by atoms with E-state index >= 15 is 0 Å². The topological polar surface area (TPSA) is 85.2 Å². The quantitative estimate of drug-likeness (QED) is 0.283. The van der Waals surface area contributed by atoms with E-state index in [2.05, 4.69) is 51.4 Å². The Morgan fingerprint density at radius 1 is 1.02 bits per heavy atom. The van der Waals surface area contributed by atoms with Crippen molar-refractivity contribution in [1.29, 1.82) is 0 Å². The number of hydrogen-bond donors (Lipinski definition) is 1. The molecule has 1 N–H and O–H groups in total. The molecule has 1 amide bonds. The Kier molecular flexibility index (Phi) is 6.44. The van der Waals surface area contributed by atoms with E-state index in [0.29, 0.717) is 18.5 Å². The fourth-order valence-electron chi connectivity index (χ4n) is 7.09. The molecule has 0 spiro atoms. The Labute approximate surface area is 241 Å². The van der Waals surface area contributed by atoms with Gasteiger partial charge in [-0.15, -0.1) is 0 Å². The predicted molar refractivity (Wildman–Crippen MR) is 159 cm³/mol. The number of carbonyl (C=O) groups excluding carboxylic acids is 1. The van der Waals surface area contributed by atoms with E-state index in [-0.39, 0.29) is 12.1 Å². The molecule has 0 radical (unpaired) electrons. The number of ether oxygens (including phenoxy) is 1. The summed E-state index contributed by atoms with van der Waals surface area (Å²) in [6.45, 7) is 6.23. The Morgan fingerprint density at radius 3 is 2.44 bits per heavy atom. The summed E-state index contributed by atoms with van der Waals surface area (Å²) in [6.07, 6.45) is 10.4. The Morgan fingerprint density at radius 2 is 1.78 bits per heavy atom. The van der Waals surface area contributed by atoms with Gasteiger partial charge in [0.25, 0.3) is 0 Å². The first-order chi connectivity index (χ1) is 19.8. The molecular formula is C33H38N6O2. The van der Waals surface area contributed by atoms with Gasteiger partial charge in [0.15, 0.2) is 5.65 Å². The molecule has 7 rings (SSSR count). The van der Waals surface area contributed by atoms with Gasteiger partial charge in [0.1, 0.15) is 5.60 Å². The number of rotatable bonds is 6. The number of hydrogen-bond acceptors (Lipinski definition) is 6. The molecule has 8 nitrogen and oxygen atoms in total. The summed E-state index contributed by atoms with van der Waals surface area (Å²) in [5.74, 6) is 2.13. The van der Waals surface area contributed by atoms with Crippen molar-refractivity contribution in [3.63, 3.8) is 0 Å². The number of nitrogens with one attached hydrogen (secondary N) is 1. The van der Waals surface area contributed by atoms with Crippen molar-refractivity contribution in [3.8, 4) is 0 Å². The molecule has 41 heavy (non-hydrogen) atoms. The lowest BCUT2D eigenvalue weighted by atomic mass is 9.95. The van der Waals surface area contributed by atoms with Crippen LogP contribution in [0.3, 0.4) is 0 Å². The second-order valence-corrected chi connectivity index (χ2v) is 13.1. The summed E-state index contributed by atoms with van der Waals surface area (Å²) < 4.78 is 7.97. The summed E-state index contributed by atoms with van der Waals surface area (Å²) in [4.78, 5) is 24.6. The van der Waals surface area contributed by atoms with Gasteiger partial charge in [0.2, 0.25) is 5.95 Å². The van der Waals surface area contributed by atoms with Gasteiger partial charge in [0.05, 0.1) is 17.6 Å². The fraction of sp³-hybridized carbons (Fsp3) is 0.455. The highest BCUT2D eigenvalue weighted by molar-refractivity contribution is 5.75. The van der Waals surface area contributed by atoms with Crippen molar-refractivity contribution >= 4 is 28.8 Å². The number of benzene rings is 2. The molecule has 8 heteroatoms. The largest absolute Gasteiger partial charge is 0.444 e. The predicted octanol–water partition coefficient (Wildman–Crippen LogP) is 6.84. The molecule has 2 aromatic carbocycles. The highest BCUT2D eigenvalue weighted by Gasteiger charge is 2.41. The number of nitrogens with zero attached hydrogens (tertiary/aromatic N) is 5. The summed E-state index contributed by atoms with van der Waals surface area (Å²) >= 11 is 0. The lowest BCUT2D eigenvalue weighted by Gasteiger charge is -2.31. The molecule has 3 atom stereocenters. The van der Waals surface area contributed by atoms with E-state index in [1.54, 1.807) is 0 Å². The van der Waals surface area contributed by atoms with E-state index in [1.165, 1.54) is 36.8 Å². The fourth-order valence-corrected chi connectivity index (χ4v) is 7.09. The van der Waals surface area contributed by atoms with Gasteiger partial charge in [0, 0.05) is 24.5 Å². The van der Waals surface area contributed by atoms with Gasteiger partial charge in [-0.1, -0.05) is 42.8 Å². The van der Waals surface area contributed by atoms with Crippen LogP contribution in [0.2, 0.25) is 0 Å². The molecule has 2 heterocycles. The zero-order chi connectivity index (χ0) is 28.1. The highest BCUT2D eigenvalue weighted by Crippen LogP contribution is 2.51. The molecule has 2 saturated carbocycles. The normalized spacial score (nSPS) is 21.8. The van der Waals surface area contributed by atoms with E-state index in [1.807, 2.05) is 50.2 Å². The molecule has 2 bridgehead atoms. The van der Waals surface area contributed by atoms with E-state index in [4.69, 9.17) is 14.8 Å². The lowest BCUT2D eigenvalue weighted by Crippen LogP contribution is -2.43. The average molecular weight is 551 g/mol. The first-order valence-corrected chi connectivity index (χ1v) is 14.9. The van der Waals surface area contributed by atoms with Crippen LogP contribution < -0.4 is 5.32 Å². The second kappa shape index (κ2) is 10.2. The van der Waals surface area contributed by atoms with Crippen LogP contribution >= 0.6 is 0 Å². The zero-order valence-electron chi connectivity index (χ0n) is 24.1. The molecule has 2 fully saturated rings. The first kappa shape index (κ1) is 26.0. The molecule has 212 valence electrons. The summed E-state index contributed by atoms with van der Waals surface area (Å²) in [5.41, 5.74) is 4.91. The number of aromatic nitrogens is 4. The average Bonchev–Trinajstić information content (AvgIpc) is 3.74. The van der Waals surface area contributed by atoms with Gasteiger partial charge in [-0.25, -0.2) is 14.5 Å². The van der Waals surface area contributed by atoms with Crippen LogP contribution in [0.4, 0.5) is 16.4 Å². The zero-order valence-corrected chi connectivity index (χ0v) is 24.1. The Balaban J connectivity index is 1.07. The third-order valence-corrected chi connectivity index (χ3v) is 9.01. The maximum absolute atomic E-state index is 13.3. The van der Waals surface area contributed by atoms with Gasteiger partial charge in [-0.05, 0) is 93.5 Å². The monoisotopic (exact) mass is 550 g/mol. The van der Waals surface area contributed by atoms with Crippen molar-refractivity contribution < 1.29 is 9.53 Å². The number of fused-ring (bicyclic) bond motifs is 4. The van der Waals surface area contributed by atoms with Gasteiger partial charge < -0.3 is 15.0 Å². The van der Waals surface area contributed by atoms with Crippen LogP contribution in [-0.2, 0) is 24.1 Å². The number of carbonyl (C=O) groups is 1. The maximum atomic E-state index is 13.3. The van der Waals surface area contributed by atoms with Crippen molar-refractivity contribution in [1.82, 2.24) is 24.6 Å². The molecule has 4 aromatic rings.